The molecule has 1 heteroatoms. The van der Waals surface area contributed by atoms with Crippen LogP contribution in [0.2, 0.25) is 0 Å². The minimum atomic E-state index is -0.213. The fraction of sp³-hybridized carbons (Fsp3) is 0.280. The lowest BCUT2D eigenvalue weighted by Gasteiger charge is -2.42. The summed E-state index contributed by atoms with van der Waals surface area (Å²) in [5.74, 6) is 0. The topological polar surface area (TPSA) is 3.24 Å². The van der Waals surface area contributed by atoms with Gasteiger partial charge >= 0.3 is 0 Å². The zero-order valence-electron chi connectivity index (χ0n) is 32.1. The third kappa shape index (κ3) is 5.11. The molecule has 1 aliphatic carbocycles. The lowest BCUT2D eigenvalue weighted by Crippen LogP contribution is -2.30. The SMILES string of the molecule is CC(C)(C)c1ccc(-c2cc(C(C)(C)C)c3c(c2-c2ccccc2)-c2ccc(N4c5ccccc5C(C)(C)c5ccccc54)cc2C3(C)C)cc1. The van der Waals surface area contributed by atoms with E-state index in [0.717, 1.165) is 0 Å². The first-order valence-corrected chi connectivity index (χ1v) is 18.6. The molecule has 8 rings (SSSR count). The van der Waals surface area contributed by atoms with Gasteiger partial charge in [-0.15, -0.1) is 0 Å². The average Bonchev–Trinajstić information content (AvgIpc) is 3.33. The van der Waals surface area contributed by atoms with Gasteiger partial charge in [0.25, 0.3) is 0 Å². The second kappa shape index (κ2) is 11.3. The van der Waals surface area contributed by atoms with E-state index in [4.69, 9.17) is 0 Å². The Labute approximate surface area is 306 Å². The first-order valence-electron chi connectivity index (χ1n) is 18.6. The maximum Gasteiger partial charge on any atom is 0.0502 e. The summed E-state index contributed by atoms with van der Waals surface area (Å²) in [4.78, 5) is 2.50. The van der Waals surface area contributed by atoms with Gasteiger partial charge in [0, 0.05) is 16.5 Å². The lowest BCUT2D eigenvalue weighted by molar-refractivity contribution is 0.557. The van der Waals surface area contributed by atoms with Crippen LogP contribution in [0, 0.1) is 0 Å². The number of para-hydroxylation sites is 2. The van der Waals surface area contributed by atoms with Gasteiger partial charge < -0.3 is 4.90 Å². The van der Waals surface area contributed by atoms with E-state index in [1.165, 1.54) is 83.8 Å². The Morgan fingerprint density at radius 1 is 0.451 bits per heavy atom. The van der Waals surface area contributed by atoms with E-state index in [1.807, 2.05) is 0 Å². The standard InChI is InChI=1S/C50H51N/c1-47(2,3)34-26-24-32(25-27-34)37-31-41(48(4,5)6)46-45(44(37)33-18-12-11-13-19-33)36-29-28-35(30-40(36)50(46,9)10)51-42-22-16-14-20-38(42)49(7,8)39-21-15-17-23-43(39)51/h11-31H,1-10H3. The van der Waals surface area contributed by atoms with Gasteiger partial charge in [-0.1, -0.05) is 166 Å². The number of fused-ring (bicyclic) bond motifs is 5. The van der Waals surface area contributed by atoms with Gasteiger partial charge in [0.1, 0.15) is 0 Å². The molecule has 0 amide bonds. The predicted octanol–water partition coefficient (Wildman–Crippen LogP) is 14.0. The Hall–Kier alpha value is -4.88. The van der Waals surface area contributed by atoms with E-state index in [2.05, 4.69) is 202 Å². The molecule has 0 N–H and O–H groups in total. The molecular weight excluding hydrogens is 615 g/mol. The zero-order chi connectivity index (χ0) is 36.1. The van der Waals surface area contributed by atoms with Gasteiger partial charge in [0.05, 0.1) is 11.4 Å². The van der Waals surface area contributed by atoms with Gasteiger partial charge in [0.15, 0.2) is 0 Å². The van der Waals surface area contributed by atoms with Crippen molar-refractivity contribution in [2.75, 3.05) is 4.90 Å². The zero-order valence-corrected chi connectivity index (χ0v) is 32.1. The van der Waals surface area contributed by atoms with Gasteiger partial charge in [-0.3, -0.25) is 0 Å². The minimum Gasteiger partial charge on any atom is -0.310 e. The summed E-state index contributed by atoms with van der Waals surface area (Å²) in [6.07, 6.45) is 0. The van der Waals surface area contributed by atoms with Crippen LogP contribution in [0.15, 0.2) is 127 Å². The number of nitrogens with zero attached hydrogens (tertiary/aromatic N) is 1. The van der Waals surface area contributed by atoms with Crippen molar-refractivity contribution in [2.45, 2.75) is 90.9 Å². The number of anilines is 3. The van der Waals surface area contributed by atoms with Crippen LogP contribution < -0.4 is 4.90 Å². The maximum absolute atomic E-state index is 2.53. The summed E-state index contributed by atoms with van der Waals surface area (Å²) in [5.41, 5.74) is 19.7. The van der Waals surface area contributed by atoms with Crippen LogP contribution in [0.25, 0.3) is 33.4 Å². The van der Waals surface area contributed by atoms with Crippen LogP contribution in [0.3, 0.4) is 0 Å². The van der Waals surface area contributed by atoms with Gasteiger partial charge in [-0.05, 0) is 108 Å². The number of rotatable bonds is 3. The first-order chi connectivity index (χ1) is 24.1. The summed E-state index contributed by atoms with van der Waals surface area (Å²) in [7, 11) is 0. The van der Waals surface area contributed by atoms with E-state index < -0.39 is 0 Å². The summed E-state index contributed by atoms with van der Waals surface area (Å²) >= 11 is 0. The van der Waals surface area contributed by atoms with Crippen molar-refractivity contribution in [3.05, 3.63) is 161 Å². The van der Waals surface area contributed by atoms with Crippen molar-refractivity contribution in [3.8, 4) is 33.4 Å². The average molecular weight is 666 g/mol. The van der Waals surface area contributed by atoms with Gasteiger partial charge in [0.2, 0.25) is 0 Å². The Morgan fingerprint density at radius 3 is 1.59 bits per heavy atom. The van der Waals surface area contributed by atoms with Crippen molar-refractivity contribution in [1.29, 1.82) is 0 Å². The molecule has 0 fully saturated rings. The molecule has 0 unspecified atom stereocenters. The molecule has 1 heterocycles. The van der Waals surface area contributed by atoms with Crippen LogP contribution in [-0.2, 0) is 21.7 Å². The molecule has 6 aromatic rings. The van der Waals surface area contributed by atoms with E-state index in [9.17, 15) is 0 Å². The minimum absolute atomic E-state index is 0.0577. The predicted molar refractivity (Wildman–Crippen MR) is 219 cm³/mol. The third-order valence-corrected chi connectivity index (χ3v) is 11.7. The molecular formula is C50H51N. The molecule has 2 aliphatic rings. The second-order valence-corrected chi connectivity index (χ2v) is 17.9. The van der Waals surface area contributed by atoms with Crippen LogP contribution >= 0.6 is 0 Å². The number of hydrogen-bond acceptors (Lipinski definition) is 1. The normalized spacial score (nSPS) is 15.5. The van der Waals surface area contributed by atoms with Crippen molar-refractivity contribution >= 4 is 17.1 Å². The largest absolute Gasteiger partial charge is 0.310 e. The smallest absolute Gasteiger partial charge is 0.0502 e. The van der Waals surface area contributed by atoms with Crippen molar-refractivity contribution < 1.29 is 0 Å². The van der Waals surface area contributed by atoms with E-state index in [-0.39, 0.29) is 21.7 Å². The molecule has 1 aliphatic heterocycles. The number of hydrogen-bond donors (Lipinski definition) is 0. The van der Waals surface area contributed by atoms with Crippen molar-refractivity contribution in [1.82, 2.24) is 0 Å². The highest BCUT2D eigenvalue weighted by molar-refractivity contribution is 6.02. The quantitative estimate of drug-likeness (QED) is 0.182. The monoisotopic (exact) mass is 665 g/mol. The first kappa shape index (κ1) is 33.3. The number of benzene rings is 6. The molecule has 0 bridgehead atoms. The molecule has 0 radical (unpaired) electrons. The maximum atomic E-state index is 2.53. The summed E-state index contributed by atoms with van der Waals surface area (Å²) < 4.78 is 0. The molecule has 1 nitrogen and oxygen atoms in total. The molecule has 256 valence electrons. The van der Waals surface area contributed by atoms with Gasteiger partial charge in [-0.25, -0.2) is 0 Å². The third-order valence-electron chi connectivity index (χ3n) is 11.7. The lowest BCUT2D eigenvalue weighted by atomic mass is 9.71. The van der Waals surface area contributed by atoms with E-state index in [1.54, 1.807) is 0 Å². The highest BCUT2D eigenvalue weighted by Crippen LogP contribution is 2.59. The molecule has 6 aromatic carbocycles. The Morgan fingerprint density at radius 2 is 1.02 bits per heavy atom. The highest BCUT2D eigenvalue weighted by Gasteiger charge is 2.43. The molecule has 0 atom stereocenters. The highest BCUT2D eigenvalue weighted by atomic mass is 15.2. The Bertz CT molecular complexity index is 2250. The Kier molecular flexibility index (Phi) is 7.38. The van der Waals surface area contributed by atoms with Crippen molar-refractivity contribution in [3.63, 3.8) is 0 Å². The second-order valence-electron chi connectivity index (χ2n) is 17.9. The molecule has 0 aromatic heterocycles. The molecule has 0 spiro atoms. The molecule has 0 saturated carbocycles. The summed E-state index contributed by atoms with van der Waals surface area (Å²) in [6.45, 7) is 23.6. The molecule has 51 heavy (non-hydrogen) atoms. The van der Waals surface area contributed by atoms with Crippen LogP contribution in [-0.4, -0.2) is 0 Å². The summed E-state index contributed by atoms with van der Waals surface area (Å²) in [5, 5.41) is 0. The van der Waals surface area contributed by atoms with E-state index in [0.29, 0.717) is 0 Å². The molecule has 0 saturated heterocycles. The van der Waals surface area contributed by atoms with Gasteiger partial charge in [-0.2, -0.15) is 0 Å². The van der Waals surface area contributed by atoms with Crippen molar-refractivity contribution in [2.24, 2.45) is 0 Å². The van der Waals surface area contributed by atoms with E-state index >= 15 is 0 Å². The fourth-order valence-corrected chi connectivity index (χ4v) is 8.96. The summed E-state index contributed by atoms with van der Waals surface area (Å²) in [6, 6.07) is 48.2. The van der Waals surface area contributed by atoms with Crippen LogP contribution in [0.5, 0.6) is 0 Å². The Balaban J connectivity index is 1.41. The van der Waals surface area contributed by atoms with Crippen LogP contribution in [0.4, 0.5) is 17.1 Å². The van der Waals surface area contributed by atoms with Crippen LogP contribution in [0.1, 0.15) is 103 Å². The fourth-order valence-electron chi connectivity index (χ4n) is 8.96.